The first-order valence-corrected chi connectivity index (χ1v) is 16.8. The second-order valence-corrected chi connectivity index (χ2v) is 12.6. The van der Waals surface area contributed by atoms with Gasteiger partial charge in [0.1, 0.15) is 0 Å². The summed E-state index contributed by atoms with van der Waals surface area (Å²) >= 11 is 0. The summed E-state index contributed by atoms with van der Waals surface area (Å²) in [5.74, 6) is 0. The predicted molar refractivity (Wildman–Crippen MR) is 215 cm³/mol. The van der Waals surface area contributed by atoms with E-state index in [9.17, 15) is 2.74 Å². The lowest BCUT2D eigenvalue weighted by Gasteiger charge is -2.15. The average molecular weight is 659 g/mol. The number of nitrogens with zero attached hydrogens (tertiary/aromatic N) is 3. The van der Waals surface area contributed by atoms with Crippen LogP contribution in [0.2, 0.25) is 0 Å². The third-order valence-electron chi connectivity index (χ3n) is 10.1. The van der Waals surface area contributed by atoms with E-state index < -0.39 is 54.4 Å². The minimum absolute atomic E-state index is 0.0150. The molecule has 0 saturated heterocycles. The molecule has 0 aliphatic heterocycles. The lowest BCUT2D eigenvalue weighted by Crippen LogP contribution is -1.98. The number of hydrogen-bond acceptors (Lipinski definition) is 0. The Morgan fingerprint density at radius 2 is 0.706 bits per heavy atom. The quantitative estimate of drug-likeness (QED) is 0.179. The SMILES string of the molecule is [2H]c1c([2H])c([2H])c(-c2c([2H])c([2H])c([2H])c([2H])c2-n2c3ccccc3c3c(-n4c5ccccc5c5c(-n6c7ccccc7c7ccccc76)cccc54)cccc32)c([2H])c1[2H]. The Hall–Kier alpha value is -6.84. The van der Waals surface area contributed by atoms with Crippen molar-refractivity contribution in [3.05, 3.63) is 188 Å². The molecule has 0 bridgehead atoms. The highest BCUT2D eigenvalue weighted by molar-refractivity contribution is 6.19. The average Bonchev–Trinajstić information content (AvgIpc) is 3.92. The maximum absolute atomic E-state index is 9.38. The minimum Gasteiger partial charge on any atom is -0.309 e. The van der Waals surface area contributed by atoms with E-state index in [2.05, 4.69) is 94.1 Å². The fourth-order valence-electron chi connectivity index (χ4n) is 8.09. The molecule has 3 heteroatoms. The number of benzene rings is 8. The van der Waals surface area contributed by atoms with E-state index >= 15 is 0 Å². The molecule has 0 N–H and O–H groups in total. The van der Waals surface area contributed by atoms with Crippen molar-refractivity contribution in [1.29, 1.82) is 0 Å². The van der Waals surface area contributed by atoms with Crippen molar-refractivity contribution < 1.29 is 12.3 Å². The summed E-state index contributed by atoms with van der Waals surface area (Å²) in [5, 5.41) is 6.03. The highest BCUT2D eigenvalue weighted by Crippen LogP contribution is 2.43. The summed E-state index contributed by atoms with van der Waals surface area (Å²) < 4.78 is 85.5. The molecular weight excluding hydrogens is 619 g/mol. The van der Waals surface area contributed by atoms with Crippen molar-refractivity contribution in [2.24, 2.45) is 0 Å². The van der Waals surface area contributed by atoms with Crippen LogP contribution in [-0.4, -0.2) is 13.7 Å². The van der Waals surface area contributed by atoms with Crippen LogP contribution in [0, 0.1) is 0 Å². The van der Waals surface area contributed by atoms with E-state index in [0.717, 1.165) is 65.8 Å². The van der Waals surface area contributed by atoms with Crippen molar-refractivity contribution in [2.45, 2.75) is 0 Å². The Bertz CT molecular complexity index is 3590. The second-order valence-electron chi connectivity index (χ2n) is 12.6. The molecule has 3 heterocycles. The predicted octanol–water partition coefficient (Wildman–Crippen LogP) is 12.6. The van der Waals surface area contributed by atoms with Gasteiger partial charge in [-0.2, -0.15) is 0 Å². The first-order valence-electron chi connectivity index (χ1n) is 21.3. The van der Waals surface area contributed by atoms with Crippen molar-refractivity contribution in [3.8, 4) is 28.2 Å². The summed E-state index contributed by atoms with van der Waals surface area (Å²) in [7, 11) is 0. The van der Waals surface area contributed by atoms with E-state index in [1.54, 1.807) is 4.57 Å². The lowest BCUT2D eigenvalue weighted by atomic mass is 10.0. The molecule has 0 unspecified atom stereocenters. The van der Waals surface area contributed by atoms with Gasteiger partial charge in [-0.05, 0) is 60.1 Å². The molecule has 238 valence electrons. The van der Waals surface area contributed by atoms with E-state index in [4.69, 9.17) is 9.60 Å². The molecule has 51 heavy (non-hydrogen) atoms. The van der Waals surface area contributed by atoms with Crippen LogP contribution in [0.4, 0.5) is 0 Å². The summed E-state index contributed by atoms with van der Waals surface area (Å²) in [6.45, 7) is 0. The molecule has 8 aromatic carbocycles. The lowest BCUT2D eigenvalue weighted by molar-refractivity contribution is 1.17. The Kier molecular flexibility index (Phi) is 4.38. The highest BCUT2D eigenvalue weighted by atomic mass is 15.0. The third kappa shape index (κ3) is 3.94. The van der Waals surface area contributed by atoms with Crippen LogP contribution in [0.25, 0.3) is 93.6 Å². The second kappa shape index (κ2) is 10.8. The maximum atomic E-state index is 9.38. The van der Waals surface area contributed by atoms with Crippen molar-refractivity contribution in [2.75, 3.05) is 0 Å². The van der Waals surface area contributed by atoms with Crippen LogP contribution in [0.1, 0.15) is 12.3 Å². The van der Waals surface area contributed by atoms with Gasteiger partial charge in [0.2, 0.25) is 0 Å². The Labute approximate surface area is 307 Å². The molecule has 0 atom stereocenters. The molecule has 0 saturated carbocycles. The summed E-state index contributed by atoms with van der Waals surface area (Å²) in [6.07, 6.45) is 0. The summed E-state index contributed by atoms with van der Waals surface area (Å²) in [5.41, 5.74) is 6.69. The van der Waals surface area contributed by atoms with Gasteiger partial charge in [-0.1, -0.05) is 133 Å². The van der Waals surface area contributed by atoms with E-state index in [1.165, 1.54) is 0 Å². The molecule has 0 aliphatic carbocycles. The topological polar surface area (TPSA) is 14.8 Å². The Morgan fingerprint density at radius 1 is 0.314 bits per heavy atom. The fraction of sp³-hybridized carbons (Fsp3) is 0. The zero-order chi connectivity index (χ0) is 41.3. The number of aromatic nitrogens is 3. The molecule has 11 aromatic rings. The maximum Gasteiger partial charge on any atom is 0.0645 e. The van der Waals surface area contributed by atoms with Crippen LogP contribution in [-0.2, 0) is 0 Å². The van der Waals surface area contributed by atoms with Crippen molar-refractivity contribution >= 4 is 65.4 Å². The molecule has 0 radical (unpaired) electrons. The largest absolute Gasteiger partial charge is 0.309 e. The fourth-order valence-corrected chi connectivity index (χ4v) is 8.09. The van der Waals surface area contributed by atoms with Gasteiger partial charge in [-0.15, -0.1) is 0 Å². The smallest absolute Gasteiger partial charge is 0.0645 e. The first kappa shape index (κ1) is 20.6. The summed E-state index contributed by atoms with van der Waals surface area (Å²) in [6, 6.07) is 40.1. The van der Waals surface area contributed by atoms with Crippen LogP contribution in [0.5, 0.6) is 0 Å². The number of para-hydroxylation sites is 5. The van der Waals surface area contributed by atoms with Gasteiger partial charge < -0.3 is 13.7 Å². The van der Waals surface area contributed by atoms with Gasteiger partial charge >= 0.3 is 0 Å². The number of fused-ring (bicyclic) bond motifs is 9. The van der Waals surface area contributed by atoms with Gasteiger partial charge in [0.15, 0.2) is 0 Å². The van der Waals surface area contributed by atoms with Crippen LogP contribution in [0.3, 0.4) is 0 Å². The van der Waals surface area contributed by atoms with Crippen LogP contribution in [0.15, 0.2) is 188 Å². The molecule has 11 rings (SSSR count). The highest BCUT2D eigenvalue weighted by Gasteiger charge is 2.23. The number of rotatable bonds is 4. The van der Waals surface area contributed by atoms with Crippen LogP contribution >= 0.6 is 0 Å². The van der Waals surface area contributed by atoms with Gasteiger partial charge in [-0.25, -0.2) is 0 Å². The minimum atomic E-state index is -0.597. The molecular formula is C48H31N3. The van der Waals surface area contributed by atoms with E-state index in [-0.39, 0.29) is 16.8 Å². The van der Waals surface area contributed by atoms with Crippen molar-refractivity contribution in [1.82, 2.24) is 13.7 Å². The monoisotopic (exact) mass is 658 g/mol. The molecule has 0 aliphatic rings. The zero-order valence-corrected chi connectivity index (χ0v) is 27.0. The van der Waals surface area contributed by atoms with Gasteiger partial charge in [0, 0.05) is 37.9 Å². The first-order chi connectivity index (χ1) is 29.1. The standard InChI is InChI=1S/C48H31N3/c1-2-16-32(17-3-1)33-18-4-9-23-38(33)49-41-26-12-7-21-36(41)47-43(49)28-14-30-45(47)51-42-27-13-8-22-37(42)48-44(29-15-31-46(48)51)50-39-24-10-5-19-34(39)35-20-6-11-25-40(35)50/h1-31H/i1D,2D,3D,4D,9D,16D,17D,18D,23D. The molecule has 0 amide bonds. The summed E-state index contributed by atoms with van der Waals surface area (Å²) in [4.78, 5) is 0. The van der Waals surface area contributed by atoms with Gasteiger partial charge in [-0.3, -0.25) is 0 Å². The molecule has 0 spiro atoms. The van der Waals surface area contributed by atoms with E-state index in [1.807, 2.05) is 48.5 Å². The van der Waals surface area contributed by atoms with Crippen molar-refractivity contribution in [3.63, 3.8) is 0 Å². The van der Waals surface area contributed by atoms with Gasteiger partial charge in [0.05, 0.1) is 62.5 Å². The van der Waals surface area contributed by atoms with Gasteiger partial charge in [0.25, 0.3) is 0 Å². The third-order valence-corrected chi connectivity index (χ3v) is 10.1. The molecule has 3 aromatic heterocycles. The van der Waals surface area contributed by atoms with Crippen LogP contribution < -0.4 is 0 Å². The number of hydrogen-bond donors (Lipinski definition) is 0. The molecule has 0 fully saturated rings. The molecule has 3 nitrogen and oxygen atoms in total. The Morgan fingerprint density at radius 3 is 1.25 bits per heavy atom. The van der Waals surface area contributed by atoms with E-state index in [0.29, 0.717) is 11.0 Å². The zero-order valence-electron chi connectivity index (χ0n) is 36.0. The Balaban J connectivity index is 1.28. The normalized spacial score (nSPS) is 14.4.